The maximum absolute atomic E-state index is 12.1. The van der Waals surface area contributed by atoms with E-state index in [-0.39, 0.29) is 6.09 Å². The highest BCUT2D eigenvalue weighted by molar-refractivity contribution is 5.90. The number of cyclic esters (lactones) is 1. The fraction of sp³-hybridized carbons (Fsp3) is 0.680. The number of hydrogen-bond donors (Lipinski definition) is 0. The van der Waals surface area contributed by atoms with E-state index in [1.807, 2.05) is 26.1 Å². The Morgan fingerprint density at radius 3 is 2.31 bits per heavy atom. The first-order chi connectivity index (χ1) is 13.6. The Bertz CT molecular complexity index is 725. The molecule has 0 N–H and O–H groups in total. The molecule has 0 aliphatic carbocycles. The van der Waals surface area contributed by atoms with Crippen molar-refractivity contribution in [1.82, 2.24) is 4.98 Å². The Balaban J connectivity index is 1.73. The molecule has 4 heteroatoms. The van der Waals surface area contributed by atoms with Crippen molar-refractivity contribution in [1.29, 1.82) is 0 Å². The van der Waals surface area contributed by atoms with Gasteiger partial charge >= 0.3 is 6.09 Å². The number of carbonyl (C=O) groups is 1. The first-order valence-corrected chi connectivity index (χ1v) is 11.1. The van der Waals surface area contributed by atoms with E-state index in [1.165, 1.54) is 44.9 Å². The Morgan fingerprint density at radius 1 is 1.14 bits per heavy atom. The van der Waals surface area contributed by atoms with E-state index in [4.69, 9.17) is 11.2 Å². The minimum absolute atomic E-state index is 0.380. The normalized spacial score (nSPS) is 16.0. The van der Waals surface area contributed by atoms with Crippen LogP contribution in [-0.4, -0.2) is 23.2 Å². The lowest BCUT2D eigenvalue weighted by atomic mass is 9.89. The number of aromatic nitrogens is 1. The monoisotopic (exact) mass is 398 g/mol. The molecule has 0 saturated carbocycles. The molecule has 160 valence electrons. The Hall–Kier alpha value is -2.02. The van der Waals surface area contributed by atoms with Gasteiger partial charge in [0.15, 0.2) is 5.82 Å². The molecule has 0 spiro atoms. The van der Waals surface area contributed by atoms with Crippen LogP contribution in [0.5, 0.6) is 0 Å². The minimum atomic E-state index is -0.518. The van der Waals surface area contributed by atoms with Crippen molar-refractivity contribution in [3.05, 3.63) is 23.4 Å². The second kappa shape index (κ2) is 10.1. The molecule has 1 aliphatic rings. The molecule has 1 aromatic heterocycles. The SMILES string of the molecule is C#Cc1cc(CCCCCCCCCC(C)(C)C)cnc1N1CC(C)(C)OC1=O. The molecular weight excluding hydrogens is 360 g/mol. The fourth-order valence-corrected chi connectivity index (χ4v) is 3.76. The number of pyridine rings is 1. The summed E-state index contributed by atoms with van der Waals surface area (Å²) >= 11 is 0. The summed E-state index contributed by atoms with van der Waals surface area (Å²) < 4.78 is 5.37. The van der Waals surface area contributed by atoms with Crippen molar-refractivity contribution in [3.8, 4) is 12.3 Å². The molecule has 0 unspecified atom stereocenters. The van der Waals surface area contributed by atoms with Crippen LogP contribution in [0.1, 0.15) is 97.1 Å². The third kappa shape index (κ3) is 7.72. The molecule has 0 atom stereocenters. The average molecular weight is 399 g/mol. The molecule has 1 amide bonds. The van der Waals surface area contributed by atoms with Gasteiger partial charge in [-0.25, -0.2) is 9.78 Å². The lowest BCUT2D eigenvalue weighted by molar-refractivity contribution is 0.0871. The van der Waals surface area contributed by atoms with Crippen LogP contribution in [0.2, 0.25) is 0 Å². The van der Waals surface area contributed by atoms with Crippen molar-refractivity contribution >= 4 is 11.9 Å². The van der Waals surface area contributed by atoms with Crippen LogP contribution in [0.4, 0.5) is 10.6 Å². The zero-order valence-corrected chi connectivity index (χ0v) is 19.0. The quantitative estimate of drug-likeness (QED) is 0.333. The zero-order valence-electron chi connectivity index (χ0n) is 19.0. The summed E-state index contributed by atoms with van der Waals surface area (Å²) in [4.78, 5) is 18.2. The smallest absolute Gasteiger partial charge is 0.416 e. The van der Waals surface area contributed by atoms with Crippen LogP contribution in [0.15, 0.2) is 12.3 Å². The van der Waals surface area contributed by atoms with Crippen molar-refractivity contribution in [2.45, 2.75) is 98.0 Å². The molecule has 1 aliphatic heterocycles. The highest BCUT2D eigenvalue weighted by Crippen LogP contribution is 2.29. The number of carbonyl (C=O) groups excluding carboxylic acids is 1. The zero-order chi connectivity index (χ0) is 21.5. The van der Waals surface area contributed by atoms with Crippen LogP contribution in [0.25, 0.3) is 0 Å². The van der Waals surface area contributed by atoms with Gasteiger partial charge in [0, 0.05) is 6.20 Å². The van der Waals surface area contributed by atoms with E-state index in [1.54, 1.807) is 4.90 Å². The number of rotatable bonds is 10. The summed E-state index contributed by atoms with van der Waals surface area (Å²) in [5, 5.41) is 0. The van der Waals surface area contributed by atoms with Crippen molar-refractivity contribution in [3.63, 3.8) is 0 Å². The van der Waals surface area contributed by atoms with Gasteiger partial charge < -0.3 is 4.74 Å². The van der Waals surface area contributed by atoms with Gasteiger partial charge in [0.25, 0.3) is 0 Å². The third-order valence-corrected chi connectivity index (χ3v) is 5.35. The summed E-state index contributed by atoms with van der Waals surface area (Å²) in [7, 11) is 0. The number of amides is 1. The van der Waals surface area contributed by atoms with Crippen molar-refractivity contribution in [2.75, 3.05) is 11.4 Å². The van der Waals surface area contributed by atoms with E-state index in [2.05, 4.69) is 31.7 Å². The number of ether oxygens (including phenoxy) is 1. The summed E-state index contributed by atoms with van der Waals surface area (Å²) in [6.45, 7) is 11.2. The van der Waals surface area contributed by atoms with Crippen LogP contribution >= 0.6 is 0 Å². The molecule has 1 saturated heterocycles. The maximum atomic E-state index is 12.1. The molecule has 2 heterocycles. The predicted molar refractivity (Wildman–Crippen MR) is 120 cm³/mol. The fourth-order valence-electron chi connectivity index (χ4n) is 3.76. The van der Waals surface area contributed by atoms with Gasteiger partial charge in [-0.15, -0.1) is 6.42 Å². The molecule has 4 nitrogen and oxygen atoms in total. The lowest BCUT2D eigenvalue weighted by Crippen LogP contribution is -2.29. The molecular formula is C25H38N2O2. The average Bonchev–Trinajstić information content (AvgIpc) is 2.91. The van der Waals surface area contributed by atoms with Gasteiger partial charge in [-0.05, 0) is 50.2 Å². The molecule has 0 bridgehead atoms. The molecule has 0 radical (unpaired) electrons. The third-order valence-electron chi connectivity index (χ3n) is 5.35. The lowest BCUT2D eigenvalue weighted by Gasteiger charge is -2.17. The first kappa shape index (κ1) is 23.3. The van der Waals surface area contributed by atoms with Gasteiger partial charge in [0.05, 0.1) is 12.1 Å². The van der Waals surface area contributed by atoms with E-state index < -0.39 is 5.60 Å². The Kier molecular flexibility index (Phi) is 8.14. The van der Waals surface area contributed by atoms with Gasteiger partial charge in [-0.3, -0.25) is 4.90 Å². The molecule has 1 aromatic rings. The highest BCUT2D eigenvalue weighted by Gasteiger charge is 2.39. The number of anilines is 1. The summed E-state index contributed by atoms with van der Waals surface area (Å²) in [6.07, 6.45) is 18.5. The van der Waals surface area contributed by atoms with Crippen LogP contribution in [0.3, 0.4) is 0 Å². The number of aryl methyl sites for hydroxylation is 1. The van der Waals surface area contributed by atoms with E-state index >= 15 is 0 Å². The van der Waals surface area contributed by atoms with E-state index in [0.717, 1.165) is 18.4 Å². The Morgan fingerprint density at radius 2 is 1.76 bits per heavy atom. The summed E-state index contributed by atoms with van der Waals surface area (Å²) in [6, 6.07) is 1.99. The van der Waals surface area contributed by atoms with Gasteiger partial charge in [0.1, 0.15) is 5.60 Å². The van der Waals surface area contributed by atoms with Crippen LogP contribution in [-0.2, 0) is 11.2 Å². The summed E-state index contributed by atoms with van der Waals surface area (Å²) in [5.74, 6) is 3.22. The van der Waals surface area contributed by atoms with Crippen molar-refractivity contribution in [2.24, 2.45) is 5.41 Å². The topological polar surface area (TPSA) is 42.4 Å². The van der Waals surface area contributed by atoms with Crippen LogP contribution < -0.4 is 4.90 Å². The van der Waals surface area contributed by atoms with E-state index in [9.17, 15) is 4.79 Å². The molecule has 0 aromatic carbocycles. The number of terminal acetylenes is 1. The first-order valence-electron chi connectivity index (χ1n) is 11.1. The van der Waals surface area contributed by atoms with Gasteiger partial charge in [0.2, 0.25) is 0 Å². The number of unbranched alkanes of at least 4 members (excludes halogenated alkanes) is 6. The molecule has 29 heavy (non-hydrogen) atoms. The van der Waals surface area contributed by atoms with Crippen LogP contribution in [0, 0.1) is 17.8 Å². The van der Waals surface area contributed by atoms with Gasteiger partial charge in [-0.2, -0.15) is 0 Å². The predicted octanol–water partition coefficient (Wildman–Crippen LogP) is 6.51. The second-order valence-electron chi connectivity index (χ2n) is 10.1. The number of hydrogen-bond acceptors (Lipinski definition) is 3. The number of nitrogens with zero attached hydrogens (tertiary/aromatic N) is 2. The molecule has 2 rings (SSSR count). The van der Waals surface area contributed by atoms with Crippen molar-refractivity contribution < 1.29 is 9.53 Å². The van der Waals surface area contributed by atoms with Gasteiger partial charge in [-0.1, -0.05) is 65.2 Å². The highest BCUT2D eigenvalue weighted by atomic mass is 16.6. The maximum Gasteiger partial charge on any atom is 0.416 e. The van der Waals surface area contributed by atoms with E-state index in [0.29, 0.717) is 23.3 Å². The summed E-state index contributed by atoms with van der Waals surface area (Å²) in [5.41, 5.74) is 1.75. The largest absolute Gasteiger partial charge is 0.441 e. The minimum Gasteiger partial charge on any atom is -0.441 e. The molecule has 1 fully saturated rings. The second-order valence-corrected chi connectivity index (χ2v) is 10.1. The Labute approximate surface area is 177 Å². The standard InChI is InChI=1S/C25H38N2O2/c1-7-21-17-20(15-13-11-9-8-10-12-14-16-24(2,3)4)18-26-22(21)27-19-25(5,6)29-23(27)28/h1,17-18H,8-16,19H2,2-6H3.